The van der Waals surface area contributed by atoms with Crippen LogP contribution >= 0.6 is 23.2 Å². The number of ether oxygens (including phenoxy) is 1. The normalized spacial score (nSPS) is 23.2. The van der Waals surface area contributed by atoms with Crippen LogP contribution < -0.4 is 4.72 Å². The van der Waals surface area contributed by atoms with E-state index >= 15 is 0 Å². The van der Waals surface area contributed by atoms with Crippen LogP contribution in [0.4, 0.5) is 5.69 Å². The van der Waals surface area contributed by atoms with E-state index in [2.05, 4.69) is 4.72 Å². The molecular weight excluding hydrogens is 377 g/mol. The number of Topliss-reactive ketones (excluding diaryl/α,β-unsaturated/α-hetero) is 1. The molecule has 9 heteroatoms. The topological polar surface area (TPSA) is 89.5 Å². The zero-order valence-corrected chi connectivity index (χ0v) is 15.6. The van der Waals surface area contributed by atoms with Gasteiger partial charge in [-0.05, 0) is 38.1 Å². The number of anilines is 1. The predicted molar refractivity (Wildman–Crippen MR) is 92.0 cm³/mol. The third-order valence-electron chi connectivity index (χ3n) is 3.83. The molecule has 0 aliphatic heterocycles. The van der Waals surface area contributed by atoms with E-state index in [1.165, 1.54) is 31.2 Å². The van der Waals surface area contributed by atoms with Gasteiger partial charge >= 0.3 is 5.97 Å². The predicted octanol–water partition coefficient (Wildman–Crippen LogP) is 2.76. The van der Waals surface area contributed by atoms with Crippen LogP contribution in [0, 0.1) is 5.41 Å². The van der Waals surface area contributed by atoms with Gasteiger partial charge in [-0.3, -0.25) is 14.3 Å². The van der Waals surface area contributed by atoms with Crippen molar-refractivity contribution in [1.29, 1.82) is 0 Å². The summed E-state index contributed by atoms with van der Waals surface area (Å²) >= 11 is 11.8. The Labute approximate surface area is 150 Å². The monoisotopic (exact) mass is 393 g/mol. The molecular formula is C15H17Cl2NO5S. The van der Waals surface area contributed by atoms with E-state index in [0.29, 0.717) is 11.3 Å². The number of halogens is 2. The standard InChI is InChI=1S/C15H17Cl2NO5S/c1-9(23-13(20)14(2)8-15(14,16)17)12(19)10-4-6-11(7-5-10)18-24(3,21)22/h4-7,9,18H,8H2,1-3H3/t9-,14-/m0/s1. The second-order valence-corrected chi connectivity index (χ2v) is 9.31. The molecule has 0 spiro atoms. The van der Waals surface area contributed by atoms with Gasteiger partial charge in [-0.15, -0.1) is 23.2 Å². The van der Waals surface area contributed by atoms with Crippen LogP contribution in [0.5, 0.6) is 0 Å². The van der Waals surface area contributed by atoms with Crippen LogP contribution in [0.3, 0.4) is 0 Å². The number of sulfonamides is 1. The average Bonchev–Trinajstić information content (AvgIpc) is 2.97. The Kier molecular flexibility index (Phi) is 4.92. The minimum absolute atomic E-state index is 0.273. The number of carbonyl (C=O) groups excluding carboxylic acids is 2. The van der Waals surface area contributed by atoms with Crippen molar-refractivity contribution < 1.29 is 22.7 Å². The minimum atomic E-state index is -3.39. The second kappa shape index (κ2) is 6.20. The number of alkyl halides is 2. The van der Waals surface area contributed by atoms with Gasteiger partial charge in [0.25, 0.3) is 0 Å². The molecule has 0 radical (unpaired) electrons. The van der Waals surface area contributed by atoms with Crippen molar-refractivity contribution in [3.63, 3.8) is 0 Å². The highest BCUT2D eigenvalue weighted by molar-refractivity contribution is 7.92. The number of nitrogens with one attached hydrogen (secondary N) is 1. The first-order chi connectivity index (χ1) is 10.9. The molecule has 1 N–H and O–H groups in total. The number of hydrogen-bond donors (Lipinski definition) is 1. The fourth-order valence-electron chi connectivity index (χ4n) is 2.12. The van der Waals surface area contributed by atoms with Crippen LogP contribution in [0.1, 0.15) is 30.6 Å². The number of ketones is 1. The van der Waals surface area contributed by atoms with Crippen LogP contribution in [0.2, 0.25) is 0 Å². The third-order valence-corrected chi connectivity index (χ3v) is 5.54. The van der Waals surface area contributed by atoms with Crippen molar-refractivity contribution in [3.8, 4) is 0 Å². The summed E-state index contributed by atoms with van der Waals surface area (Å²) in [6.45, 7) is 3.04. The van der Waals surface area contributed by atoms with Gasteiger partial charge in [0.15, 0.2) is 6.10 Å². The van der Waals surface area contributed by atoms with Crippen LogP contribution in [0.25, 0.3) is 0 Å². The van der Waals surface area contributed by atoms with Gasteiger partial charge in [-0.1, -0.05) is 0 Å². The number of rotatable bonds is 6. The Morgan fingerprint density at radius 2 is 1.75 bits per heavy atom. The van der Waals surface area contributed by atoms with Crippen molar-refractivity contribution in [2.45, 2.75) is 30.7 Å². The lowest BCUT2D eigenvalue weighted by atomic mass is 10.1. The first kappa shape index (κ1) is 19.0. The maximum Gasteiger partial charge on any atom is 0.315 e. The molecule has 0 saturated heterocycles. The first-order valence-corrected chi connectivity index (χ1v) is 9.71. The Morgan fingerprint density at radius 3 is 2.17 bits per heavy atom. The Balaban J connectivity index is 2.02. The fourth-order valence-corrected chi connectivity index (χ4v) is 3.37. The number of carbonyl (C=O) groups is 2. The number of hydrogen-bond acceptors (Lipinski definition) is 5. The second-order valence-electron chi connectivity index (χ2n) is 6.08. The Hall–Kier alpha value is -1.31. The van der Waals surface area contributed by atoms with E-state index in [-0.39, 0.29) is 6.42 Å². The smallest absolute Gasteiger partial charge is 0.315 e. The van der Waals surface area contributed by atoms with Crippen molar-refractivity contribution in [2.24, 2.45) is 5.41 Å². The molecule has 1 aliphatic rings. The molecule has 1 aliphatic carbocycles. The van der Waals surface area contributed by atoms with Gasteiger partial charge in [0.05, 0.1) is 6.26 Å². The van der Waals surface area contributed by atoms with Crippen molar-refractivity contribution in [1.82, 2.24) is 0 Å². The molecule has 132 valence electrons. The SMILES string of the molecule is C[C@H](OC(=O)[C@]1(C)CC1(Cl)Cl)C(=O)c1ccc(NS(C)(=O)=O)cc1. The summed E-state index contributed by atoms with van der Waals surface area (Å²) < 4.78 is 28.6. The van der Waals surface area contributed by atoms with E-state index in [9.17, 15) is 18.0 Å². The molecule has 2 atom stereocenters. The lowest BCUT2D eigenvalue weighted by Crippen LogP contribution is -2.30. The van der Waals surface area contributed by atoms with Gasteiger partial charge < -0.3 is 4.74 Å². The summed E-state index contributed by atoms with van der Waals surface area (Å²) in [5, 5.41) is 0. The molecule has 1 saturated carbocycles. The van der Waals surface area contributed by atoms with Gasteiger partial charge in [0.2, 0.25) is 15.8 Å². The van der Waals surface area contributed by atoms with E-state index in [4.69, 9.17) is 27.9 Å². The first-order valence-electron chi connectivity index (χ1n) is 7.07. The molecule has 0 aromatic heterocycles. The Morgan fingerprint density at radius 1 is 1.25 bits per heavy atom. The Bertz CT molecular complexity index is 776. The molecule has 0 amide bonds. The molecule has 24 heavy (non-hydrogen) atoms. The number of benzene rings is 1. The van der Waals surface area contributed by atoms with E-state index in [1.807, 2.05) is 0 Å². The molecule has 6 nitrogen and oxygen atoms in total. The van der Waals surface area contributed by atoms with E-state index in [0.717, 1.165) is 6.26 Å². The molecule has 0 heterocycles. The van der Waals surface area contributed by atoms with Gasteiger partial charge in [-0.2, -0.15) is 0 Å². The molecule has 1 aromatic rings. The largest absolute Gasteiger partial charge is 0.454 e. The van der Waals surface area contributed by atoms with E-state index in [1.54, 1.807) is 6.92 Å². The van der Waals surface area contributed by atoms with Gasteiger partial charge in [-0.25, -0.2) is 8.42 Å². The summed E-state index contributed by atoms with van der Waals surface area (Å²) in [7, 11) is -3.39. The summed E-state index contributed by atoms with van der Waals surface area (Å²) in [5.74, 6) is -1.03. The highest BCUT2D eigenvalue weighted by Crippen LogP contribution is 2.64. The highest BCUT2D eigenvalue weighted by Gasteiger charge is 2.69. The zero-order valence-electron chi connectivity index (χ0n) is 13.3. The summed E-state index contributed by atoms with van der Waals surface area (Å²) in [6.07, 6.45) is 0.293. The highest BCUT2D eigenvalue weighted by atomic mass is 35.5. The lowest BCUT2D eigenvalue weighted by molar-refractivity contribution is -0.152. The quantitative estimate of drug-likeness (QED) is 0.455. The van der Waals surface area contributed by atoms with E-state index < -0.39 is 37.6 Å². The van der Waals surface area contributed by atoms with Gasteiger partial charge in [0.1, 0.15) is 9.75 Å². The van der Waals surface area contributed by atoms with Crippen molar-refractivity contribution in [2.75, 3.05) is 11.0 Å². The summed E-state index contributed by atoms with van der Waals surface area (Å²) in [4.78, 5) is 24.4. The number of esters is 1. The summed E-state index contributed by atoms with van der Waals surface area (Å²) in [6, 6.07) is 5.81. The summed E-state index contributed by atoms with van der Waals surface area (Å²) in [5.41, 5.74) is -0.384. The minimum Gasteiger partial charge on any atom is -0.454 e. The average molecular weight is 394 g/mol. The lowest BCUT2D eigenvalue weighted by Gasteiger charge is -2.16. The maximum atomic E-state index is 12.3. The van der Waals surface area contributed by atoms with Gasteiger partial charge in [0, 0.05) is 17.7 Å². The zero-order chi connectivity index (χ0) is 18.3. The third kappa shape index (κ3) is 4.02. The molecule has 0 unspecified atom stereocenters. The molecule has 1 aromatic carbocycles. The fraction of sp³-hybridized carbons (Fsp3) is 0.467. The maximum absolute atomic E-state index is 12.3. The van der Waals surface area contributed by atoms with Crippen molar-refractivity contribution in [3.05, 3.63) is 29.8 Å². The molecule has 0 bridgehead atoms. The van der Waals surface area contributed by atoms with Crippen LogP contribution in [-0.2, 0) is 19.6 Å². The van der Waals surface area contributed by atoms with Crippen LogP contribution in [0.15, 0.2) is 24.3 Å². The molecule has 2 rings (SSSR count). The van der Waals surface area contributed by atoms with Crippen molar-refractivity contribution >= 4 is 50.7 Å². The van der Waals surface area contributed by atoms with Crippen LogP contribution in [-0.4, -0.2) is 36.9 Å². The molecule has 1 fully saturated rings.